The Hall–Kier alpha value is -1.79. The van der Waals surface area contributed by atoms with E-state index in [0.29, 0.717) is 30.3 Å². The molecule has 0 aliphatic carbocycles. The summed E-state index contributed by atoms with van der Waals surface area (Å²) in [6.45, 7) is 0.800. The fourth-order valence-corrected chi connectivity index (χ4v) is 1.28. The second-order valence-corrected chi connectivity index (χ2v) is 3.55. The molecule has 1 rings (SSSR count). The number of nitrogen functional groups attached to an aromatic ring is 1. The fraction of sp³-hybridized carbons (Fsp3) is 0.417. The first-order chi connectivity index (χ1) is 8.67. The van der Waals surface area contributed by atoms with Gasteiger partial charge in [0.15, 0.2) is 0 Å². The molecular weight excluding hydrogens is 236 g/mol. The number of hydrogen-bond donors (Lipinski definition) is 2. The number of hydrogen-bond acceptors (Lipinski definition) is 5. The Morgan fingerprint density at radius 1 is 1.33 bits per heavy atom. The van der Waals surface area contributed by atoms with Crippen molar-refractivity contribution in [3.63, 3.8) is 0 Å². The standard InChI is InChI=1S/C12H18N2O4/c1-16-5-6-18-8-12(15)14-11-4-3-9(17-2)7-10(11)13/h3-4,7H,5-6,8,13H2,1-2H3,(H,14,15). The number of nitrogens with two attached hydrogens (primary N) is 1. The normalized spacial score (nSPS) is 10.1. The van der Waals surface area contributed by atoms with Crippen molar-refractivity contribution >= 4 is 17.3 Å². The topological polar surface area (TPSA) is 82.8 Å². The predicted octanol–water partition coefficient (Wildman–Crippen LogP) is 0.879. The van der Waals surface area contributed by atoms with E-state index in [0.717, 1.165) is 0 Å². The second-order valence-electron chi connectivity index (χ2n) is 3.55. The third kappa shape index (κ3) is 4.60. The lowest BCUT2D eigenvalue weighted by atomic mass is 10.2. The van der Waals surface area contributed by atoms with Crippen LogP contribution in [0, 0.1) is 0 Å². The Bertz CT molecular complexity index is 396. The first-order valence-electron chi connectivity index (χ1n) is 5.47. The molecule has 18 heavy (non-hydrogen) atoms. The van der Waals surface area contributed by atoms with Gasteiger partial charge in [-0.3, -0.25) is 4.79 Å². The molecule has 3 N–H and O–H groups in total. The predicted molar refractivity (Wildman–Crippen MR) is 68.7 cm³/mol. The summed E-state index contributed by atoms with van der Waals surface area (Å²) in [7, 11) is 3.12. The van der Waals surface area contributed by atoms with Crippen molar-refractivity contribution in [3.8, 4) is 5.75 Å². The summed E-state index contributed by atoms with van der Waals surface area (Å²) >= 11 is 0. The zero-order chi connectivity index (χ0) is 13.4. The number of rotatable bonds is 7. The van der Waals surface area contributed by atoms with Crippen molar-refractivity contribution in [3.05, 3.63) is 18.2 Å². The van der Waals surface area contributed by atoms with Crippen LogP contribution >= 0.6 is 0 Å². The van der Waals surface area contributed by atoms with Crippen molar-refractivity contribution in [2.24, 2.45) is 0 Å². The van der Waals surface area contributed by atoms with Crippen LogP contribution in [0.3, 0.4) is 0 Å². The summed E-state index contributed by atoms with van der Waals surface area (Å²) in [6, 6.07) is 5.04. The van der Waals surface area contributed by atoms with Gasteiger partial charge >= 0.3 is 0 Å². The van der Waals surface area contributed by atoms with Gasteiger partial charge in [0, 0.05) is 13.2 Å². The van der Waals surface area contributed by atoms with Crippen molar-refractivity contribution in [1.82, 2.24) is 0 Å². The minimum atomic E-state index is -0.261. The smallest absolute Gasteiger partial charge is 0.250 e. The average Bonchev–Trinajstić information content (AvgIpc) is 2.37. The number of methoxy groups -OCH3 is 2. The molecule has 0 heterocycles. The molecule has 0 aliphatic rings. The number of ether oxygens (including phenoxy) is 3. The van der Waals surface area contributed by atoms with E-state index in [2.05, 4.69) is 5.32 Å². The third-order valence-electron chi connectivity index (χ3n) is 2.20. The molecule has 6 heteroatoms. The van der Waals surface area contributed by atoms with E-state index in [1.54, 1.807) is 32.4 Å². The molecule has 0 saturated heterocycles. The summed E-state index contributed by atoms with van der Waals surface area (Å²) in [6.07, 6.45) is 0. The molecule has 0 spiro atoms. The van der Waals surface area contributed by atoms with Gasteiger partial charge < -0.3 is 25.3 Å². The highest BCUT2D eigenvalue weighted by Crippen LogP contribution is 2.23. The van der Waals surface area contributed by atoms with E-state index in [1.807, 2.05) is 0 Å². The second kappa shape index (κ2) is 7.52. The Balaban J connectivity index is 2.44. The van der Waals surface area contributed by atoms with Gasteiger partial charge in [0.25, 0.3) is 0 Å². The molecule has 0 saturated carbocycles. The lowest BCUT2D eigenvalue weighted by Crippen LogP contribution is -2.20. The number of anilines is 2. The van der Waals surface area contributed by atoms with Crippen LogP contribution in [0.15, 0.2) is 18.2 Å². The van der Waals surface area contributed by atoms with Gasteiger partial charge in [-0.15, -0.1) is 0 Å². The number of nitrogens with one attached hydrogen (secondary N) is 1. The van der Waals surface area contributed by atoms with Gasteiger partial charge in [-0.05, 0) is 12.1 Å². The van der Waals surface area contributed by atoms with E-state index < -0.39 is 0 Å². The molecule has 100 valence electrons. The fourth-order valence-electron chi connectivity index (χ4n) is 1.28. The van der Waals surface area contributed by atoms with Crippen molar-refractivity contribution in [1.29, 1.82) is 0 Å². The molecule has 0 aliphatic heterocycles. The SMILES string of the molecule is COCCOCC(=O)Nc1ccc(OC)cc1N. The average molecular weight is 254 g/mol. The molecule has 1 aromatic rings. The molecule has 6 nitrogen and oxygen atoms in total. The van der Waals surface area contributed by atoms with Crippen LogP contribution in [-0.2, 0) is 14.3 Å². The van der Waals surface area contributed by atoms with Crippen molar-refractivity contribution < 1.29 is 19.0 Å². The molecule has 0 unspecified atom stereocenters. The Labute approximate surface area is 106 Å². The summed E-state index contributed by atoms with van der Waals surface area (Å²) in [5.74, 6) is 0.379. The Morgan fingerprint density at radius 3 is 2.72 bits per heavy atom. The van der Waals surface area contributed by atoms with E-state index in [9.17, 15) is 4.79 Å². The quantitative estimate of drug-likeness (QED) is 0.557. The summed E-state index contributed by atoms with van der Waals surface area (Å²) in [5.41, 5.74) is 6.75. The van der Waals surface area contributed by atoms with Crippen LogP contribution in [-0.4, -0.2) is 39.9 Å². The number of benzene rings is 1. The van der Waals surface area contributed by atoms with Gasteiger partial charge in [-0.25, -0.2) is 0 Å². The maximum Gasteiger partial charge on any atom is 0.250 e. The van der Waals surface area contributed by atoms with E-state index in [4.69, 9.17) is 19.9 Å². The van der Waals surface area contributed by atoms with Crippen LogP contribution in [0.4, 0.5) is 11.4 Å². The molecule has 1 aromatic carbocycles. The summed E-state index contributed by atoms with van der Waals surface area (Å²) < 4.78 is 14.9. The first-order valence-corrected chi connectivity index (χ1v) is 5.47. The summed E-state index contributed by atoms with van der Waals surface area (Å²) in [5, 5.41) is 2.65. The van der Waals surface area contributed by atoms with Crippen molar-refractivity contribution in [2.45, 2.75) is 0 Å². The Kier molecular flexibility index (Phi) is 5.96. The van der Waals surface area contributed by atoms with Crippen LogP contribution < -0.4 is 15.8 Å². The van der Waals surface area contributed by atoms with Gasteiger partial charge in [0.1, 0.15) is 12.4 Å². The van der Waals surface area contributed by atoms with Crippen LogP contribution in [0.5, 0.6) is 5.75 Å². The highest BCUT2D eigenvalue weighted by atomic mass is 16.5. The molecule has 1 amide bonds. The largest absolute Gasteiger partial charge is 0.497 e. The highest BCUT2D eigenvalue weighted by Gasteiger charge is 2.06. The van der Waals surface area contributed by atoms with Gasteiger partial charge in [0.2, 0.25) is 5.91 Å². The minimum absolute atomic E-state index is 0.0329. The number of carbonyl (C=O) groups is 1. The zero-order valence-corrected chi connectivity index (χ0v) is 10.6. The molecule has 0 atom stereocenters. The van der Waals surface area contributed by atoms with E-state index in [1.165, 1.54) is 0 Å². The van der Waals surface area contributed by atoms with Crippen molar-refractivity contribution in [2.75, 3.05) is 45.1 Å². The lowest BCUT2D eigenvalue weighted by molar-refractivity contribution is -0.121. The molecule has 0 bridgehead atoms. The van der Waals surface area contributed by atoms with E-state index in [-0.39, 0.29) is 12.5 Å². The van der Waals surface area contributed by atoms with Gasteiger partial charge in [-0.2, -0.15) is 0 Å². The van der Waals surface area contributed by atoms with Crippen LogP contribution in [0.1, 0.15) is 0 Å². The van der Waals surface area contributed by atoms with E-state index >= 15 is 0 Å². The third-order valence-corrected chi connectivity index (χ3v) is 2.20. The molecule has 0 aromatic heterocycles. The Morgan fingerprint density at radius 2 is 2.11 bits per heavy atom. The zero-order valence-electron chi connectivity index (χ0n) is 10.6. The van der Waals surface area contributed by atoms with Crippen LogP contribution in [0.2, 0.25) is 0 Å². The van der Waals surface area contributed by atoms with Crippen LogP contribution in [0.25, 0.3) is 0 Å². The molecule has 0 fully saturated rings. The number of carbonyl (C=O) groups excluding carboxylic acids is 1. The molecule has 0 radical (unpaired) electrons. The maximum atomic E-state index is 11.5. The highest BCUT2D eigenvalue weighted by molar-refractivity contribution is 5.94. The summed E-state index contributed by atoms with van der Waals surface area (Å²) in [4.78, 5) is 11.5. The molecular formula is C12H18N2O4. The lowest BCUT2D eigenvalue weighted by Gasteiger charge is -2.09. The minimum Gasteiger partial charge on any atom is -0.497 e. The first kappa shape index (κ1) is 14.3. The number of amides is 1. The monoisotopic (exact) mass is 254 g/mol. The van der Waals surface area contributed by atoms with Gasteiger partial charge in [-0.1, -0.05) is 0 Å². The van der Waals surface area contributed by atoms with Gasteiger partial charge in [0.05, 0.1) is 31.7 Å². The maximum absolute atomic E-state index is 11.5.